The van der Waals surface area contributed by atoms with Gasteiger partial charge >= 0.3 is 11.9 Å². The van der Waals surface area contributed by atoms with Crippen molar-refractivity contribution in [2.45, 2.75) is 125 Å². The quantitative estimate of drug-likeness (QED) is 0.0298. The fourth-order valence-electron chi connectivity index (χ4n) is 5.34. The zero-order valence-corrected chi connectivity index (χ0v) is 38.6. The van der Waals surface area contributed by atoms with Gasteiger partial charge in [-0.3, -0.25) is 4.79 Å². The summed E-state index contributed by atoms with van der Waals surface area (Å²) in [6.45, 7) is 25.0. The number of hydrogen-bond acceptors (Lipinski definition) is 16. The van der Waals surface area contributed by atoms with Gasteiger partial charge in [-0.1, -0.05) is 20.4 Å². The van der Waals surface area contributed by atoms with Gasteiger partial charge in [0.2, 0.25) is 0 Å². The number of ether oxygens (including phenoxy) is 12. The molecule has 1 aromatic rings. The molecule has 1 aromatic carbocycles. The fraction of sp³-hybridized carbons (Fsp3) is 0.696. The highest BCUT2D eigenvalue weighted by Gasteiger charge is 2.33. The van der Waals surface area contributed by atoms with E-state index in [0.29, 0.717) is 89.6 Å². The van der Waals surface area contributed by atoms with E-state index >= 15 is 0 Å². The number of hydrogen-bond donors (Lipinski definition) is 2. The molecule has 0 saturated carbocycles. The van der Waals surface area contributed by atoms with E-state index in [1.807, 2.05) is 27.7 Å². The maximum atomic E-state index is 12.6. The van der Waals surface area contributed by atoms with Gasteiger partial charge in [-0.2, -0.15) is 0 Å². The van der Waals surface area contributed by atoms with Gasteiger partial charge in [0, 0.05) is 43.4 Å². The molecular formula is C46H74N2O14. The first-order valence-corrected chi connectivity index (χ1v) is 21.4. The highest BCUT2D eigenvalue weighted by molar-refractivity contribution is 5.87. The predicted molar refractivity (Wildman–Crippen MR) is 234 cm³/mol. The number of aryl methyl sites for hydroxylation is 1. The Morgan fingerprint density at radius 3 is 1.44 bits per heavy atom. The van der Waals surface area contributed by atoms with Gasteiger partial charge in [-0.25, -0.2) is 4.79 Å². The van der Waals surface area contributed by atoms with Crippen LogP contribution in [0.3, 0.4) is 0 Å². The van der Waals surface area contributed by atoms with Gasteiger partial charge in [0.25, 0.3) is 0 Å². The molecule has 16 nitrogen and oxygen atoms in total. The van der Waals surface area contributed by atoms with Gasteiger partial charge in [-0.15, -0.1) is 0 Å². The summed E-state index contributed by atoms with van der Waals surface area (Å²) in [5.41, 5.74) is 10.9. The van der Waals surface area contributed by atoms with Crippen molar-refractivity contribution < 1.29 is 66.4 Å². The summed E-state index contributed by atoms with van der Waals surface area (Å²) in [5.74, 6) is -0.0701. The Balaban J connectivity index is 2.58. The number of rotatable bonds is 36. The smallest absolute Gasteiger partial charge is 0.333 e. The van der Waals surface area contributed by atoms with Crippen molar-refractivity contribution >= 4 is 11.9 Å². The van der Waals surface area contributed by atoms with Crippen molar-refractivity contribution in [3.05, 3.63) is 35.9 Å². The summed E-state index contributed by atoms with van der Waals surface area (Å²) in [4.78, 5) is 24.4. The Bertz CT molecular complexity index is 1490. The van der Waals surface area contributed by atoms with E-state index in [1.165, 1.54) is 0 Å². The molecule has 0 aliphatic carbocycles. The van der Waals surface area contributed by atoms with E-state index in [2.05, 4.69) is 44.7 Å². The minimum atomic E-state index is -0.559. The Morgan fingerprint density at radius 1 is 0.613 bits per heavy atom. The van der Waals surface area contributed by atoms with Crippen LogP contribution in [0.4, 0.5) is 0 Å². The van der Waals surface area contributed by atoms with Crippen molar-refractivity contribution in [2.24, 2.45) is 16.9 Å². The summed E-state index contributed by atoms with van der Waals surface area (Å²) < 4.78 is 69.7. The maximum Gasteiger partial charge on any atom is 0.333 e. The molecule has 6 unspecified atom stereocenters. The van der Waals surface area contributed by atoms with Crippen LogP contribution in [0.15, 0.2) is 30.4 Å². The van der Waals surface area contributed by atoms with Crippen molar-refractivity contribution in [3.63, 3.8) is 0 Å². The molecule has 0 fully saturated rings. The molecule has 0 spiro atoms. The lowest BCUT2D eigenvalue weighted by Gasteiger charge is -2.34. The molecule has 0 aromatic heterocycles. The first-order valence-electron chi connectivity index (χ1n) is 21.4. The monoisotopic (exact) mass is 879 g/mol. The Morgan fingerprint density at radius 2 is 1.02 bits per heavy atom. The van der Waals surface area contributed by atoms with Crippen molar-refractivity contribution in [2.75, 3.05) is 79.3 Å². The molecule has 0 radical (unpaired) electrons. The molecule has 352 valence electrons. The summed E-state index contributed by atoms with van der Waals surface area (Å²) in [6.07, 6.45) is 5.05. The van der Waals surface area contributed by atoms with Gasteiger partial charge < -0.3 is 68.3 Å². The third-order valence-corrected chi connectivity index (χ3v) is 8.50. The normalized spacial score (nSPS) is 14.1. The first kappa shape index (κ1) is 55.9. The molecule has 0 aliphatic rings. The third kappa shape index (κ3) is 27.1. The maximum absolute atomic E-state index is 12.6. The van der Waals surface area contributed by atoms with Crippen LogP contribution in [0.25, 0.3) is 0 Å². The lowest BCUT2D eigenvalue weighted by Crippen LogP contribution is -2.43. The molecule has 0 heterocycles. The summed E-state index contributed by atoms with van der Waals surface area (Å²) in [6, 6.07) is 9.34. The lowest BCUT2D eigenvalue weighted by molar-refractivity contribution is -0.153. The van der Waals surface area contributed by atoms with Crippen LogP contribution in [0, 0.1) is 29.7 Å². The molecule has 62 heavy (non-hydrogen) atoms. The van der Waals surface area contributed by atoms with E-state index < -0.39 is 23.6 Å². The topological polar surface area (TPSA) is 197 Å². The predicted octanol–water partition coefficient (Wildman–Crippen LogP) is 5.06. The number of esters is 2. The average Bonchev–Trinajstić information content (AvgIpc) is 3.24. The molecular weight excluding hydrogens is 805 g/mol. The largest absolute Gasteiger partial charge is 0.460 e. The second-order valence-electron chi connectivity index (χ2n) is 15.5. The van der Waals surface area contributed by atoms with Crippen LogP contribution in [-0.2, 0) is 63.4 Å². The SMILES string of the molecule is C=C(C)C(=O)OC(C)COC(C)COC(C)COCC(COCCC)(COCCC)COCC(C)OCC(C)OCC(C)OC(=O)CCc1cc(OC#CN)cc(OC#CN)c1. The van der Waals surface area contributed by atoms with Crippen LogP contribution < -0.4 is 20.9 Å². The van der Waals surface area contributed by atoms with Crippen molar-refractivity contribution in [1.29, 1.82) is 0 Å². The van der Waals surface area contributed by atoms with E-state index in [0.717, 1.165) is 18.4 Å². The summed E-state index contributed by atoms with van der Waals surface area (Å²) in [7, 11) is 0. The number of benzene rings is 1. The average molecular weight is 879 g/mol. The number of carbonyl (C=O) groups is 2. The zero-order valence-electron chi connectivity index (χ0n) is 38.6. The number of nitrogens with two attached hydrogens (primary N) is 2. The van der Waals surface area contributed by atoms with Crippen molar-refractivity contribution in [1.82, 2.24) is 0 Å². The van der Waals surface area contributed by atoms with Gasteiger partial charge in [0.15, 0.2) is 0 Å². The highest BCUT2D eigenvalue weighted by Crippen LogP contribution is 2.25. The molecule has 16 heteroatoms. The first-order chi connectivity index (χ1) is 29.6. The third-order valence-electron chi connectivity index (χ3n) is 8.50. The molecule has 4 N–H and O–H groups in total. The van der Waals surface area contributed by atoms with Crippen LogP contribution in [0.1, 0.15) is 87.1 Å². The van der Waals surface area contributed by atoms with Gasteiger partial charge in [0.1, 0.15) is 35.9 Å². The standard InChI is InChI=1S/C46H74N2O14/c1-11-17-51-30-46(31-52-18-12-2,33-54-25-36(6)58-27-38(8)60-29-40(10)62-45(50)34(3)4)32-53-24-35(5)57-26-37(7)59-28-39(9)61-44(49)14-13-41-21-42(55-19-15-47)23-43(22-41)56-20-16-48/h21-23,35-40H,3,11-14,17-18,24-33,47-48H2,1-2,4-10H3. The Labute approximate surface area is 370 Å². The molecule has 0 saturated heterocycles. The van der Waals surface area contributed by atoms with Gasteiger partial charge in [0.05, 0.1) is 95.9 Å². The Kier molecular flexibility index (Phi) is 30.2. The van der Waals surface area contributed by atoms with Crippen LogP contribution in [0.5, 0.6) is 11.5 Å². The number of carbonyl (C=O) groups excluding carboxylic acids is 2. The second-order valence-corrected chi connectivity index (χ2v) is 15.5. The second kappa shape index (κ2) is 33.5. The molecule has 0 aliphatic heterocycles. The van der Waals surface area contributed by atoms with Crippen LogP contribution in [0.2, 0.25) is 0 Å². The lowest BCUT2D eigenvalue weighted by atomic mass is 9.92. The molecule has 0 amide bonds. The van der Waals surface area contributed by atoms with E-state index in [1.54, 1.807) is 39.0 Å². The zero-order chi connectivity index (χ0) is 46.2. The van der Waals surface area contributed by atoms with E-state index in [4.69, 9.17) is 68.3 Å². The minimum Gasteiger partial charge on any atom is -0.460 e. The molecule has 6 atom stereocenters. The summed E-state index contributed by atoms with van der Waals surface area (Å²) in [5, 5.41) is 0. The highest BCUT2D eigenvalue weighted by atomic mass is 16.6. The fourth-order valence-corrected chi connectivity index (χ4v) is 5.34. The van der Waals surface area contributed by atoms with Crippen molar-refractivity contribution in [3.8, 4) is 35.8 Å². The molecule has 1 rings (SSSR count). The Hall–Kier alpha value is -4.10. The molecule has 0 bridgehead atoms. The van der Waals surface area contributed by atoms with Gasteiger partial charge in [-0.05, 0) is 85.4 Å². The van der Waals surface area contributed by atoms with E-state index in [9.17, 15) is 9.59 Å². The van der Waals surface area contributed by atoms with Crippen LogP contribution >= 0.6 is 0 Å². The van der Waals surface area contributed by atoms with Crippen LogP contribution in [-0.4, -0.2) is 128 Å². The summed E-state index contributed by atoms with van der Waals surface area (Å²) >= 11 is 0. The van der Waals surface area contributed by atoms with E-state index in [-0.39, 0.29) is 50.0 Å². The minimum absolute atomic E-state index is 0.111.